The first kappa shape index (κ1) is 18.3. The van der Waals surface area contributed by atoms with Gasteiger partial charge in [-0.25, -0.2) is 8.42 Å². The van der Waals surface area contributed by atoms with Gasteiger partial charge in [-0.05, 0) is 17.7 Å². The van der Waals surface area contributed by atoms with Crippen molar-refractivity contribution in [2.75, 3.05) is 25.7 Å². The summed E-state index contributed by atoms with van der Waals surface area (Å²) in [4.78, 5) is 0. The quantitative estimate of drug-likeness (QED) is 0.833. The molecular weight excluding hydrogens is 278 g/mol. The summed E-state index contributed by atoms with van der Waals surface area (Å²) in [6, 6.07) is 7.50. The van der Waals surface area contributed by atoms with Crippen LogP contribution in [0.15, 0.2) is 18.2 Å². The van der Waals surface area contributed by atoms with Crippen molar-refractivity contribution in [3.8, 4) is 17.6 Å². The van der Waals surface area contributed by atoms with Crippen molar-refractivity contribution >= 4 is 9.84 Å². The van der Waals surface area contributed by atoms with Crippen molar-refractivity contribution in [2.24, 2.45) is 0 Å². The van der Waals surface area contributed by atoms with Gasteiger partial charge in [0.25, 0.3) is 0 Å². The normalized spacial score (nSPS) is 9.95. The van der Waals surface area contributed by atoms with Crippen molar-refractivity contribution in [1.29, 1.82) is 5.26 Å². The molecule has 0 spiro atoms. The molecule has 5 nitrogen and oxygen atoms in total. The van der Waals surface area contributed by atoms with Gasteiger partial charge in [-0.1, -0.05) is 13.8 Å². The van der Waals surface area contributed by atoms with Crippen LogP contribution in [0.1, 0.15) is 19.4 Å². The lowest BCUT2D eigenvalue weighted by atomic mass is 10.1. The molecule has 0 saturated heterocycles. The number of ether oxygens (including phenoxy) is 2. The van der Waals surface area contributed by atoms with Gasteiger partial charge in [0, 0.05) is 17.6 Å². The second-order valence-corrected chi connectivity index (χ2v) is 6.52. The summed E-state index contributed by atoms with van der Waals surface area (Å²) in [5, 5.41) is 8.52. The minimum atomic E-state index is -2.66. The number of nitriles is 1. The van der Waals surface area contributed by atoms with E-state index in [1.165, 1.54) is 0 Å². The van der Waals surface area contributed by atoms with E-state index in [0.29, 0.717) is 17.9 Å². The third-order valence-electron chi connectivity index (χ3n) is 2.57. The first-order chi connectivity index (χ1) is 9.42. The van der Waals surface area contributed by atoms with E-state index < -0.39 is 9.84 Å². The van der Waals surface area contributed by atoms with Crippen LogP contribution in [0.2, 0.25) is 0 Å². The molecule has 0 radical (unpaired) electrons. The molecule has 0 unspecified atom stereocenters. The van der Waals surface area contributed by atoms with Gasteiger partial charge in [0.05, 0.1) is 26.7 Å². The molecule has 0 aromatic heterocycles. The number of nitrogens with zero attached hydrogens (tertiary/aromatic N) is 1. The second-order valence-electron chi connectivity index (χ2n) is 3.88. The molecule has 0 fully saturated rings. The predicted octanol–water partition coefficient (Wildman–Crippen LogP) is 2.21. The molecule has 20 heavy (non-hydrogen) atoms. The largest absolute Gasteiger partial charge is 0.497 e. The van der Waals surface area contributed by atoms with E-state index >= 15 is 0 Å². The van der Waals surface area contributed by atoms with Crippen molar-refractivity contribution in [2.45, 2.75) is 20.3 Å². The zero-order valence-electron chi connectivity index (χ0n) is 12.3. The Hall–Kier alpha value is -1.74. The summed E-state index contributed by atoms with van der Waals surface area (Å²) in [6.07, 6.45) is 0.369. The zero-order valence-corrected chi connectivity index (χ0v) is 13.2. The second kappa shape index (κ2) is 9.21. The van der Waals surface area contributed by atoms with Gasteiger partial charge in [0.1, 0.15) is 21.3 Å². The van der Waals surface area contributed by atoms with Crippen LogP contribution in [-0.2, 0) is 16.3 Å². The van der Waals surface area contributed by atoms with Crippen LogP contribution in [0.4, 0.5) is 0 Å². The van der Waals surface area contributed by atoms with E-state index in [0.717, 1.165) is 5.56 Å². The highest BCUT2D eigenvalue weighted by Crippen LogP contribution is 2.22. The first-order valence-electron chi connectivity index (χ1n) is 6.21. The predicted molar refractivity (Wildman–Crippen MR) is 78.9 cm³/mol. The van der Waals surface area contributed by atoms with Gasteiger partial charge >= 0.3 is 0 Å². The minimum absolute atomic E-state index is 0.267. The van der Waals surface area contributed by atoms with Crippen molar-refractivity contribution < 1.29 is 17.9 Å². The smallest absolute Gasteiger partial charge is 0.149 e. The number of sulfone groups is 1. The van der Waals surface area contributed by atoms with Crippen LogP contribution in [-0.4, -0.2) is 34.1 Å². The Labute approximate surface area is 121 Å². The topological polar surface area (TPSA) is 76.4 Å². The van der Waals surface area contributed by atoms with Crippen LogP contribution in [0.3, 0.4) is 0 Å². The Morgan fingerprint density at radius 2 is 1.50 bits per heavy atom. The van der Waals surface area contributed by atoms with Gasteiger partial charge < -0.3 is 9.47 Å². The summed E-state index contributed by atoms with van der Waals surface area (Å²) in [7, 11) is 0.519. The van der Waals surface area contributed by atoms with Gasteiger partial charge in [-0.2, -0.15) is 5.26 Å². The van der Waals surface area contributed by atoms with Gasteiger partial charge in [0.15, 0.2) is 0 Å². The number of methoxy groups -OCH3 is 2. The lowest BCUT2D eigenvalue weighted by Crippen LogP contribution is -2.04. The first-order valence-corrected chi connectivity index (χ1v) is 8.03. The highest BCUT2D eigenvalue weighted by Gasteiger charge is 2.00. The molecule has 1 aromatic rings. The highest BCUT2D eigenvalue weighted by atomic mass is 32.2. The van der Waals surface area contributed by atoms with E-state index in [4.69, 9.17) is 14.7 Å². The Bertz CT molecular complexity index is 515. The van der Waals surface area contributed by atoms with Gasteiger partial charge in [-0.15, -0.1) is 0 Å². The van der Waals surface area contributed by atoms with Crippen LogP contribution in [0.5, 0.6) is 11.5 Å². The van der Waals surface area contributed by atoms with E-state index in [2.05, 4.69) is 6.07 Å². The van der Waals surface area contributed by atoms with E-state index in [-0.39, 0.29) is 11.5 Å². The molecule has 0 N–H and O–H groups in total. The number of hydrogen-bond acceptors (Lipinski definition) is 5. The van der Waals surface area contributed by atoms with Crippen LogP contribution in [0.25, 0.3) is 0 Å². The fourth-order valence-corrected chi connectivity index (χ4v) is 1.67. The Morgan fingerprint density at radius 3 is 1.75 bits per heavy atom. The summed E-state index contributed by atoms with van der Waals surface area (Å²) < 4.78 is 30.8. The highest BCUT2D eigenvalue weighted by molar-refractivity contribution is 7.91. The van der Waals surface area contributed by atoms with Crippen LogP contribution < -0.4 is 9.47 Å². The Kier molecular flexibility index (Phi) is 8.41. The van der Waals surface area contributed by atoms with Crippen molar-refractivity contribution in [3.05, 3.63) is 23.8 Å². The molecule has 1 aromatic carbocycles. The van der Waals surface area contributed by atoms with Crippen molar-refractivity contribution in [3.63, 3.8) is 0 Å². The van der Waals surface area contributed by atoms with Crippen LogP contribution in [0, 0.1) is 11.3 Å². The Morgan fingerprint density at radius 1 is 1.05 bits per heavy atom. The maximum atomic E-state index is 10.4. The number of benzene rings is 1. The van der Waals surface area contributed by atoms with E-state index in [1.54, 1.807) is 34.1 Å². The molecule has 112 valence electrons. The van der Waals surface area contributed by atoms with Gasteiger partial charge in [-0.3, -0.25) is 0 Å². The number of rotatable bonds is 5. The molecule has 1 rings (SSSR count). The average molecular weight is 299 g/mol. The minimum Gasteiger partial charge on any atom is -0.497 e. The molecule has 0 heterocycles. The SMILES string of the molecule is CCS(=O)(=O)CC.COc1cc(CC#N)cc(OC)c1. The maximum absolute atomic E-state index is 10.4. The monoisotopic (exact) mass is 299 g/mol. The summed E-state index contributed by atoms with van der Waals surface area (Å²) in [6.45, 7) is 3.30. The molecule has 0 aliphatic carbocycles. The third-order valence-corrected chi connectivity index (χ3v) is 4.33. The van der Waals surface area contributed by atoms with Crippen molar-refractivity contribution in [1.82, 2.24) is 0 Å². The van der Waals surface area contributed by atoms with E-state index in [9.17, 15) is 8.42 Å². The summed E-state index contributed by atoms with van der Waals surface area (Å²) in [5.74, 6) is 1.96. The summed E-state index contributed by atoms with van der Waals surface area (Å²) >= 11 is 0. The lowest BCUT2D eigenvalue weighted by Gasteiger charge is -2.05. The molecule has 0 amide bonds. The third kappa shape index (κ3) is 7.00. The average Bonchev–Trinajstić information content (AvgIpc) is 2.47. The molecule has 0 saturated carbocycles. The van der Waals surface area contributed by atoms with E-state index in [1.807, 2.05) is 12.1 Å². The molecule has 0 atom stereocenters. The summed E-state index contributed by atoms with van der Waals surface area (Å²) in [5.41, 5.74) is 0.902. The molecule has 6 heteroatoms. The molecular formula is C14H21NO4S. The molecule has 0 aliphatic rings. The maximum Gasteiger partial charge on any atom is 0.149 e. The standard InChI is InChI=1S/C10H11NO2.C4H10O2S/c1-12-9-5-8(3-4-11)6-10(7-9)13-2;1-3-7(5,6)4-2/h5-7H,3H2,1-2H3;3-4H2,1-2H3. The number of hydrogen-bond donors (Lipinski definition) is 0. The fraction of sp³-hybridized carbons (Fsp3) is 0.500. The molecule has 0 bridgehead atoms. The van der Waals surface area contributed by atoms with Crippen LogP contribution >= 0.6 is 0 Å². The Balaban J connectivity index is 0.000000441. The zero-order chi connectivity index (χ0) is 15.6. The molecule has 0 aliphatic heterocycles. The lowest BCUT2D eigenvalue weighted by molar-refractivity contribution is 0.393. The fourth-order valence-electron chi connectivity index (χ4n) is 1.26. The van der Waals surface area contributed by atoms with Gasteiger partial charge in [0.2, 0.25) is 0 Å².